The maximum Gasteiger partial charge on any atom is 0.243 e. The molecule has 2 aliphatic rings. The van der Waals surface area contributed by atoms with E-state index in [0.717, 1.165) is 24.7 Å². The molecule has 0 bridgehead atoms. The molecule has 3 rings (SSSR count). The first-order chi connectivity index (χ1) is 7.93. The van der Waals surface area contributed by atoms with Crippen LogP contribution >= 0.6 is 12.4 Å². The maximum atomic E-state index is 5.39. The van der Waals surface area contributed by atoms with E-state index in [-0.39, 0.29) is 12.4 Å². The quantitative estimate of drug-likeness (QED) is 0.885. The molecule has 1 aromatic rings. The van der Waals surface area contributed by atoms with Crippen LogP contribution in [0.2, 0.25) is 0 Å². The van der Waals surface area contributed by atoms with Crippen molar-refractivity contribution in [2.45, 2.75) is 56.9 Å². The predicted octanol–water partition coefficient (Wildman–Crippen LogP) is 2.96. The van der Waals surface area contributed by atoms with Crippen LogP contribution in [-0.4, -0.2) is 16.7 Å². The highest BCUT2D eigenvalue weighted by molar-refractivity contribution is 5.85. The second kappa shape index (κ2) is 5.83. The first-order valence-corrected chi connectivity index (χ1v) is 6.50. The second-order valence-electron chi connectivity index (χ2n) is 4.97. The van der Waals surface area contributed by atoms with Gasteiger partial charge in [0.15, 0.2) is 5.82 Å². The van der Waals surface area contributed by atoms with Crippen LogP contribution in [0.3, 0.4) is 0 Å². The summed E-state index contributed by atoms with van der Waals surface area (Å²) in [6.07, 6.45) is 8.76. The van der Waals surface area contributed by atoms with Crippen molar-refractivity contribution >= 4 is 12.4 Å². The van der Waals surface area contributed by atoms with Crippen LogP contribution in [0.15, 0.2) is 4.52 Å². The van der Waals surface area contributed by atoms with Crippen LogP contribution in [0.1, 0.15) is 68.6 Å². The number of halogens is 1. The minimum atomic E-state index is 0. The second-order valence-corrected chi connectivity index (χ2v) is 4.97. The fraction of sp³-hybridized carbons (Fsp3) is 0.833. The molecule has 0 radical (unpaired) electrons. The fourth-order valence-corrected chi connectivity index (χ4v) is 2.80. The lowest BCUT2D eigenvalue weighted by molar-refractivity contribution is 0.295. The van der Waals surface area contributed by atoms with E-state index in [1.165, 1.54) is 38.5 Å². The fourth-order valence-electron chi connectivity index (χ4n) is 2.80. The molecule has 17 heavy (non-hydrogen) atoms. The number of nitrogens with one attached hydrogen (secondary N) is 1. The van der Waals surface area contributed by atoms with Crippen molar-refractivity contribution in [2.24, 2.45) is 0 Å². The third-order valence-corrected chi connectivity index (χ3v) is 3.79. The number of hydrogen-bond acceptors (Lipinski definition) is 4. The van der Waals surface area contributed by atoms with Crippen LogP contribution in [0.5, 0.6) is 0 Å². The molecule has 0 unspecified atom stereocenters. The molecule has 1 aromatic heterocycles. The van der Waals surface area contributed by atoms with Crippen LogP contribution in [-0.2, 0) is 0 Å². The highest BCUT2D eigenvalue weighted by Gasteiger charge is 2.25. The van der Waals surface area contributed by atoms with E-state index in [9.17, 15) is 0 Å². The molecule has 1 saturated carbocycles. The van der Waals surface area contributed by atoms with E-state index >= 15 is 0 Å². The summed E-state index contributed by atoms with van der Waals surface area (Å²) in [5, 5.41) is 7.59. The average Bonchev–Trinajstić information content (AvgIpc) is 3.01. The summed E-state index contributed by atoms with van der Waals surface area (Å²) in [4.78, 5) is 4.58. The van der Waals surface area contributed by atoms with Gasteiger partial charge in [0.2, 0.25) is 5.89 Å². The van der Waals surface area contributed by atoms with E-state index in [2.05, 4.69) is 15.5 Å². The molecule has 2 heterocycles. The largest absolute Gasteiger partial charge is 0.338 e. The number of rotatable bonds is 2. The predicted molar refractivity (Wildman–Crippen MR) is 67.3 cm³/mol. The molecule has 1 atom stereocenters. The first-order valence-electron chi connectivity index (χ1n) is 6.50. The lowest BCUT2D eigenvalue weighted by Gasteiger charge is -2.19. The number of piperidine rings is 1. The van der Waals surface area contributed by atoms with E-state index < -0.39 is 0 Å². The third-order valence-electron chi connectivity index (χ3n) is 3.79. The van der Waals surface area contributed by atoms with E-state index in [1.807, 2.05) is 0 Å². The van der Waals surface area contributed by atoms with Gasteiger partial charge >= 0.3 is 0 Å². The van der Waals surface area contributed by atoms with Crippen molar-refractivity contribution in [3.8, 4) is 0 Å². The van der Waals surface area contributed by atoms with E-state index in [1.54, 1.807) is 0 Å². The van der Waals surface area contributed by atoms with Crippen LogP contribution in [0.4, 0.5) is 0 Å². The number of hydrogen-bond donors (Lipinski definition) is 1. The summed E-state index contributed by atoms with van der Waals surface area (Å²) < 4.78 is 5.39. The number of nitrogens with zero attached hydrogens (tertiary/aromatic N) is 2. The Labute approximate surface area is 108 Å². The van der Waals surface area contributed by atoms with Crippen molar-refractivity contribution in [1.29, 1.82) is 0 Å². The maximum absolute atomic E-state index is 5.39. The Bertz CT molecular complexity index is 343. The molecule has 0 spiro atoms. The third kappa shape index (κ3) is 2.80. The molecule has 1 aliphatic heterocycles. The van der Waals surface area contributed by atoms with Gasteiger partial charge in [-0.05, 0) is 32.2 Å². The summed E-state index contributed by atoms with van der Waals surface area (Å²) in [6.45, 7) is 1.08. The smallest absolute Gasteiger partial charge is 0.243 e. The van der Waals surface area contributed by atoms with Gasteiger partial charge < -0.3 is 9.84 Å². The van der Waals surface area contributed by atoms with Crippen molar-refractivity contribution < 1.29 is 4.52 Å². The van der Waals surface area contributed by atoms with Crippen molar-refractivity contribution in [3.05, 3.63) is 11.7 Å². The molecule has 5 heteroatoms. The summed E-state index contributed by atoms with van der Waals surface area (Å²) in [7, 11) is 0. The van der Waals surface area contributed by atoms with Gasteiger partial charge in [0.05, 0.1) is 6.04 Å². The average molecular weight is 258 g/mol. The topological polar surface area (TPSA) is 51.0 Å². The molecule has 2 fully saturated rings. The zero-order valence-corrected chi connectivity index (χ0v) is 10.8. The van der Waals surface area contributed by atoms with Gasteiger partial charge in [-0.1, -0.05) is 24.4 Å². The Morgan fingerprint density at radius 3 is 2.53 bits per heavy atom. The summed E-state index contributed by atoms with van der Waals surface area (Å²) in [5.74, 6) is 2.31. The molecule has 4 nitrogen and oxygen atoms in total. The summed E-state index contributed by atoms with van der Waals surface area (Å²) in [5.41, 5.74) is 0. The molecular weight excluding hydrogens is 238 g/mol. The van der Waals surface area contributed by atoms with Gasteiger partial charge in [0.1, 0.15) is 0 Å². The highest BCUT2D eigenvalue weighted by Crippen LogP contribution is 2.33. The Kier molecular flexibility index (Phi) is 4.40. The SMILES string of the molecule is C1CC[C@@H](c2nc(C3CCCC3)no2)NC1.Cl. The number of aromatic nitrogens is 2. The Hall–Kier alpha value is -0.610. The van der Waals surface area contributed by atoms with Gasteiger partial charge in [0.25, 0.3) is 0 Å². The van der Waals surface area contributed by atoms with E-state index in [0.29, 0.717) is 12.0 Å². The molecule has 1 saturated heterocycles. The minimum absolute atomic E-state index is 0. The minimum Gasteiger partial charge on any atom is -0.338 e. The van der Waals surface area contributed by atoms with Crippen molar-refractivity contribution in [1.82, 2.24) is 15.5 Å². The van der Waals surface area contributed by atoms with Gasteiger partial charge in [-0.15, -0.1) is 12.4 Å². The summed E-state index contributed by atoms with van der Waals surface area (Å²) >= 11 is 0. The molecule has 0 aromatic carbocycles. The Morgan fingerprint density at radius 2 is 1.82 bits per heavy atom. The van der Waals surface area contributed by atoms with Gasteiger partial charge in [-0.25, -0.2) is 0 Å². The Morgan fingerprint density at radius 1 is 1.06 bits per heavy atom. The normalized spacial score (nSPS) is 25.8. The standard InChI is InChI=1S/C12H19N3O.ClH/c1-2-6-9(5-1)11-14-12(16-15-11)10-7-3-4-8-13-10;/h9-10,13H,1-8H2;1H/t10-;/m0./s1. The van der Waals surface area contributed by atoms with Crippen LogP contribution < -0.4 is 5.32 Å². The van der Waals surface area contributed by atoms with Crippen LogP contribution in [0.25, 0.3) is 0 Å². The molecule has 96 valence electrons. The van der Waals surface area contributed by atoms with Crippen LogP contribution in [0, 0.1) is 0 Å². The zero-order valence-electron chi connectivity index (χ0n) is 10.0. The van der Waals surface area contributed by atoms with Gasteiger partial charge in [0, 0.05) is 5.92 Å². The lowest BCUT2D eigenvalue weighted by Crippen LogP contribution is -2.27. The van der Waals surface area contributed by atoms with Crippen molar-refractivity contribution in [2.75, 3.05) is 6.54 Å². The van der Waals surface area contributed by atoms with Crippen molar-refractivity contribution in [3.63, 3.8) is 0 Å². The van der Waals surface area contributed by atoms with Gasteiger partial charge in [-0.3, -0.25) is 0 Å². The lowest BCUT2D eigenvalue weighted by atomic mass is 10.0. The summed E-state index contributed by atoms with van der Waals surface area (Å²) in [6, 6.07) is 0.302. The first kappa shape index (κ1) is 12.8. The monoisotopic (exact) mass is 257 g/mol. The molecule has 1 N–H and O–H groups in total. The Balaban J connectivity index is 0.00000108. The van der Waals surface area contributed by atoms with Gasteiger partial charge in [-0.2, -0.15) is 4.98 Å². The molecule has 1 aliphatic carbocycles. The molecule has 0 amide bonds. The van der Waals surface area contributed by atoms with E-state index in [4.69, 9.17) is 4.52 Å². The zero-order chi connectivity index (χ0) is 10.8. The molecular formula is C12H20ClN3O. The highest BCUT2D eigenvalue weighted by atomic mass is 35.5.